The van der Waals surface area contributed by atoms with Crippen LogP contribution in [0.25, 0.3) is 10.2 Å². The molecule has 0 spiro atoms. The first kappa shape index (κ1) is 19.8. The summed E-state index contributed by atoms with van der Waals surface area (Å²) in [7, 11) is -3.85. The number of ether oxygens (including phenoxy) is 1. The van der Waals surface area contributed by atoms with E-state index in [2.05, 4.69) is 14.6 Å². The first-order valence-corrected chi connectivity index (χ1v) is 11.3. The van der Waals surface area contributed by atoms with Crippen LogP contribution >= 0.6 is 11.3 Å². The normalized spacial score (nSPS) is 15.4. The molecule has 0 atom stereocenters. The van der Waals surface area contributed by atoms with Gasteiger partial charge >= 0.3 is 5.97 Å². The number of nitrogens with one attached hydrogen (secondary N) is 1. The van der Waals surface area contributed by atoms with Crippen molar-refractivity contribution in [3.63, 3.8) is 0 Å². The van der Waals surface area contributed by atoms with Gasteiger partial charge in [-0.1, -0.05) is 17.4 Å². The van der Waals surface area contributed by atoms with Gasteiger partial charge in [0, 0.05) is 19.6 Å². The molecule has 0 radical (unpaired) electrons. The molecule has 29 heavy (non-hydrogen) atoms. The van der Waals surface area contributed by atoms with Crippen LogP contribution in [0.1, 0.15) is 15.9 Å². The lowest BCUT2D eigenvalue weighted by Gasteiger charge is -2.26. The van der Waals surface area contributed by atoms with Gasteiger partial charge in [0.15, 0.2) is 5.13 Å². The monoisotopic (exact) mass is 433 g/mol. The van der Waals surface area contributed by atoms with Crippen LogP contribution in [-0.4, -0.2) is 55.7 Å². The van der Waals surface area contributed by atoms with Crippen molar-refractivity contribution >= 4 is 42.7 Å². The van der Waals surface area contributed by atoms with Crippen molar-refractivity contribution in [1.29, 1.82) is 0 Å². The molecule has 0 aliphatic carbocycles. The Balaban J connectivity index is 1.52. The summed E-state index contributed by atoms with van der Waals surface area (Å²) in [5.74, 6) is -1.11. The minimum Gasteiger partial charge on any atom is -0.478 e. The number of sulfonamides is 1. The average molecular weight is 434 g/mol. The molecule has 1 aliphatic rings. The average Bonchev–Trinajstić information content (AvgIpc) is 3.09. The molecule has 2 heterocycles. The first-order chi connectivity index (χ1) is 13.9. The third-order valence-corrected chi connectivity index (χ3v) is 7.01. The van der Waals surface area contributed by atoms with Crippen LogP contribution in [-0.2, 0) is 21.3 Å². The number of hydrogen-bond acceptors (Lipinski definition) is 7. The maximum atomic E-state index is 12.6. The number of rotatable bonds is 6. The number of carboxylic acid groups (broad SMARTS) is 1. The lowest BCUT2D eigenvalue weighted by atomic mass is 10.2. The van der Waals surface area contributed by atoms with Crippen molar-refractivity contribution in [3.8, 4) is 0 Å². The van der Waals surface area contributed by atoms with Gasteiger partial charge in [0.2, 0.25) is 0 Å². The van der Waals surface area contributed by atoms with Crippen LogP contribution < -0.4 is 4.72 Å². The number of fused-ring (bicyclic) bond motifs is 1. The molecule has 0 bridgehead atoms. The summed E-state index contributed by atoms with van der Waals surface area (Å²) in [6.07, 6.45) is 0. The molecule has 152 valence electrons. The number of benzene rings is 2. The van der Waals surface area contributed by atoms with E-state index in [0.29, 0.717) is 0 Å². The van der Waals surface area contributed by atoms with Gasteiger partial charge in [0.05, 0.1) is 33.9 Å². The molecule has 2 N–H and O–H groups in total. The maximum absolute atomic E-state index is 12.6. The zero-order chi connectivity index (χ0) is 20.4. The van der Waals surface area contributed by atoms with Gasteiger partial charge in [0.25, 0.3) is 10.0 Å². The van der Waals surface area contributed by atoms with Crippen molar-refractivity contribution in [2.24, 2.45) is 0 Å². The van der Waals surface area contributed by atoms with E-state index in [0.717, 1.165) is 48.6 Å². The predicted molar refractivity (Wildman–Crippen MR) is 110 cm³/mol. The number of thiazole rings is 1. The van der Waals surface area contributed by atoms with Crippen LogP contribution in [0.5, 0.6) is 0 Å². The van der Waals surface area contributed by atoms with Gasteiger partial charge in [-0.2, -0.15) is 0 Å². The van der Waals surface area contributed by atoms with Gasteiger partial charge in [-0.3, -0.25) is 9.62 Å². The van der Waals surface area contributed by atoms with Gasteiger partial charge in [-0.15, -0.1) is 0 Å². The van der Waals surface area contributed by atoms with Gasteiger partial charge in [-0.05, 0) is 42.0 Å². The van der Waals surface area contributed by atoms with E-state index in [1.54, 1.807) is 0 Å². The van der Waals surface area contributed by atoms with E-state index in [9.17, 15) is 13.2 Å². The van der Waals surface area contributed by atoms with Gasteiger partial charge < -0.3 is 9.84 Å². The quantitative estimate of drug-likeness (QED) is 0.615. The molecule has 1 aromatic heterocycles. The molecule has 10 heteroatoms. The standard InChI is InChI=1S/C19H19N3O5S2/c23-18(24)14-2-4-15(5-3-14)29(25,26)21-19-20-16-6-1-13(11-17(16)28-19)12-22-7-9-27-10-8-22/h1-6,11H,7-10,12H2,(H,20,21)(H,23,24). The van der Waals surface area contributed by atoms with Crippen molar-refractivity contribution in [2.75, 3.05) is 31.0 Å². The van der Waals surface area contributed by atoms with Crippen LogP contribution in [0.2, 0.25) is 0 Å². The fourth-order valence-corrected chi connectivity index (χ4v) is 5.24. The maximum Gasteiger partial charge on any atom is 0.335 e. The zero-order valence-electron chi connectivity index (χ0n) is 15.4. The SMILES string of the molecule is O=C(O)c1ccc(S(=O)(=O)Nc2nc3ccc(CN4CCOCC4)cc3s2)cc1. The zero-order valence-corrected chi connectivity index (χ0v) is 17.0. The molecule has 8 nitrogen and oxygen atoms in total. The number of carboxylic acids is 1. The summed E-state index contributed by atoms with van der Waals surface area (Å²) < 4.78 is 33.9. The Bertz CT molecular complexity index is 1140. The van der Waals surface area contributed by atoms with E-state index < -0.39 is 16.0 Å². The summed E-state index contributed by atoms with van der Waals surface area (Å²) in [5.41, 5.74) is 1.89. The molecule has 0 amide bonds. The molecule has 1 saturated heterocycles. The summed E-state index contributed by atoms with van der Waals surface area (Å²) in [5, 5.41) is 9.21. The molecule has 2 aromatic carbocycles. The summed E-state index contributed by atoms with van der Waals surface area (Å²) in [4.78, 5) is 17.6. The summed E-state index contributed by atoms with van der Waals surface area (Å²) >= 11 is 1.26. The third-order valence-electron chi connectivity index (χ3n) is 4.60. The number of anilines is 1. The number of aromatic nitrogens is 1. The second-order valence-electron chi connectivity index (χ2n) is 6.64. The number of carbonyl (C=O) groups is 1. The Kier molecular flexibility index (Phi) is 5.50. The fraction of sp³-hybridized carbons (Fsp3) is 0.263. The lowest BCUT2D eigenvalue weighted by Crippen LogP contribution is -2.35. The number of nitrogens with zero attached hydrogens (tertiary/aromatic N) is 2. The summed E-state index contributed by atoms with van der Waals surface area (Å²) in [6, 6.07) is 11.0. The molecule has 1 fully saturated rings. The van der Waals surface area contributed by atoms with Crippen LogP contribution in [0.15, 0.2) is 47.4 Å². The minimum absolute atomic E-state index is 0.0187. The van der Waals surface area contributed by atoms with Crippen LogP contribution in [0.4, 0.5) is 5.13 Å². The summed E-state index contributed by atoms with van der Waals surface area (Å²) in [6.45, 7) is 4.08. The number of morpholine rings is 1. The Labute approximate surface area is 171 Å². The fourth-order valence-electron chi connectivity index (χ4n) is 3.08. The van der Waals surface area contributed by atoms with Crippen molar-refractivity contribution < 1.29 is 23.1 Å². The molecular formula is C19H19N3O5S2. The molecule has 3 aromatic rings. The topological polar surface area (TPSA) is 109 Å². The van der Waals surface area contributed by atoms with Crippen molar-refractivity contribution in [2.45, 2.75) is 11.4 Å². The highest BCUT2D eigenvalue weighted by atomic mass is 32.2. The van der Waals surface area contributed by atoms with E-state index >= 15 is 0 Å². The smallest absolute Gasteiger partial charge is 0.335 e. The Hall–Kier alpha value is -2.53. The molecule has 0 unspecified atom stereocenters. The Morgan fingerprint density at radius 3 is 2.59 bits per heavy atom. The second-order valence-corrected chi connectivity index (χ2v) is 9.36. The lowest BCUT2D eigenvalue weighted by molar-refractivity contribution is 0.0342. The Morgan fingerprint density at radius 1 is 1.17 bits per heavy atom. The third kappa shape index (κ3) is 4.56. The minimum atomic E-state index is -3.85. The van der Waals surface area contributed by atoms with E-state index in [1.807, 2.05) is 18.2 Å². The predicted octanol–water partition coefficient (Wildman–Crippen LogP) is 2.63. The first-order valence-electron chi connectivity index (χ1n) is 8.96. The molecule has 0 saturated carbocycles. The van der Waals surface area contributed by atoms with Gasteiger partial charge in [0.1, 0.15) is 0 Å². The van der Waals surface area contributed by atoms with E-state index in [4.69, 9.17) is 9.84 Å². The molecular weight excluding hydrogens is 414 g/mol. The van der Waals surface area contributed by atoms with Crippen LogP contribution in [0, 0.1) is 0 Å². The highest BCUT2D eigenvalue weighted by Crippen LogP contribution is 2.29. The van der Waals surface area contributed by atoms with Crippen molar-refractivity contribution in [1.82, 2.24) is 9.88 Å². The largest absolute Gasteiger partial charge is 0.478 e. The highest BCUT2D eigenvalue weighted by Gasteiger charge is 2.18. The van der Waals surface area contributed by atoms with Crippen LogP contribution in [0.3, 0.4) is 0 Å². The second kappa shape index (κ2) is 8.07. The van der Waals surface area contributed by atoms with Crippen molar-refractivity contribution in [3.05, 3.63) is 53.6 Å². The molecule has 4 rings (SSSR count). The van der Waals surface area contributed by atoms with E-state index in [-0.39, 0.29) is 15.6 Å². The van der Waals surface area contributed by atoms with Gasteiger partial charge in [-0.25, -0.2) is 18.2 Å². The number of aromatic carboxylic acids is 1. The number of hydrogen-bond donors (Lipinski definition) is 2. The Morgan fingerprint density at radius 2 is 1.90 bits per heavy atom. The highest BCUT2D eigenvalue weighted by molar-refractivity contribution is 7.93. The molecule has 1 aliphatic heterocycles. The van der Waals surface area contributed by atoms with E-state index in [1.165, 1.54) is 35.6 Å².